The number of aliphatic hydroxyl groups is 1. The van der Waals surface area contributed by atoms with Crippen molar-refractivity contribution in [1.29, 1.82) is 0 Å². The molecule has 0 aliphatic carbocycles. The predicted molar refractivity (Wildman–Crippen MR) is 116 cm³/mol. The van der Waals surface area contributed by atoms with Crippen molar-refractivity contribution in [2.75, 3.05) is 17.4 Å². The number of amides is 3. The molecule has 3 aromatic rings. The number of urea groups is 1. The van der Waals surface area contributed by atoms with Gasteiger partial charge >= 0.3 is 18.1 Å². The van der Waals surface area contributed by atoms with Gasteiger partial charge < -0.3 is 31.0 Å². The molecule has 34 heavy (non-hydrogen) atoms. The number of aliphatic hydroxyl groups excluding tert-OH is 1. The first-order valence-corrected chi connectivity index (χ1v) is 9.79. The van der Waals surface area contributed by atoms with E-state index >= 15 is 0 Å². The molecule has 13 heteroatoms. The van der Waals surface area contributed by atoms with E-state index in [1.165, 1.54) is 42.5 Å². The normalized spacial score (nSPS) is 11.0. The summed E-state index contributed by atoms with van der Waals surface area (Å²) in [5, 5.41) is 26.8. The highest BCUT2D eigenvalue weighted by Gasteiger charge is 2.33. The SMILES string of the molecule is O=C(Nc1ccc(Oc2cc[n+]([O-])c(C(=O)NCO)c2)cc1)Nc1ccc(Cl)c(C(F)(F)F)c1. The Morgan fingerprint density at radius 3 is 2.29 bits per heavy atom. The van der Waals surface area contributed by atoms with Crippen LogP contribution in [0.4, 0.5) is 29.3 Å². The van der Waals surface area contributed by atoms with Crippen molar-refractivity contribution in [3.63, 3.8) is 0 Å². The van der Waals surface area contributed by atoms with Gasteiger partial charge in [0.15, 0.2) is 6.20 Å². The number of alkyl halides is 3. The number of nitrogens with zero attached hydrogens (tertiary/aromatic N) is 1. The lowest BCUT2D eigenvalue weighted by Gasteiger charge is -2.12. The third-order valence-corrected chi connectivity index (χ3v) is 4.57. The number of hydrogen-bond acceptors (Lipinski definition) is 5. The van der Waals surface area contributed by atoms with E-state index in [9.17, 15) is 28.0 Å². The van der Waals surface area contributed by atoms with Crippen molar-refractivity contribution in [2.24, 2.45) is 0 Å². The second-order valence-electron chi connectivity index (χ2n) is 6.64. The zero-order chi connectivity index (χ0) is 24.9. The number of rotatable bonds is 6. The number of ether oxygens (including phenoxy) is 1. The number of anilines is 2. The van der Waals surface area contributed by atoms with Gasteiger partial charge in [-0.05, 0) is 42.5 Å². The Balaban J connectivity index is 1.64. The van der Waals surface area contributed by atoms with Crippen LogP contribution in [0.3, 0.4) is 0 Å². The summed E-state index contributed by atoms with van der Waals surface area (Å²) in [5.41, 5.74) is -1.16. The van der Waals surface area contributed by atoms with Crippen LogP contribution in [0, 0.1) is 5.21 Å². The second kappa shape index (κ2) is 10.3. The standard InChI is InChI=1S/C21H16ClF3N4O5/c22-17-6-3-13(9-16(17)21(23,24)25)28-20(32)27-12-1-4-14(5-2-12)34-15-7-8-29(33)18(10-15)19(31)26-11-30/h1-10,30H,11H2,(H,26,31)(H2,27,28,32). The molecule has 0 aliphatic heterocycles. The third-order valence-electron chi connectivity index (χ3n) is 4.24. The largest absolute Gasteiger partial charge is 0.618 e. The van der Waals surface area contributed by atoms with Crippen LogP contribution >= 0.6 is 11.6 Å². The molecule has 0 saturated carbocycles. The fourth-order valence-electron chi connectivity index (χ4n) is 2.72. The molecule has 2 aromatic carbocycles. The van der Waals surface area contributed by atoms with Crippen LogP contribution in [0.25, 0.3) is 0 Å². The van der Waals surface area contributed by atoms with Crippen LogP contribution < -0.4 is 25.4 Å². The maximum Gasteiger partial charge on any atom is 0.417 e. The Morgan fingerprint density at radius 2 is 1.65 bits per heavy atom. The molecule has 1 heterocycles. The maximum atomic E-state index is 13.0. The Labute approximate surface area is 195 Å². The summed E-state index contributed by atoms with van der Waals surface area (Å²) in [4.78, 5) is 23.9. The number of benzene rings is 2. The van der Waals surface area contributed by atoms with Crippen LogP contribution in [0.5, 0.6) is 11.5 Å². The Bertz CT molecular complexity index is 1210. The molecule has 0 unspecified atom stereocenters. The fourth-order valence-corrected chi connectivity index (χ4v) is 2.94. The van der Waals surface area contributed by atoms with E-state index in [-0.39, 0.29) is 17.1 Å². The van der Waals surface area contributed by atoms with E-state index < -0.39 is 35.4 Å². The summed E-state index contributed by atoms with van der Waals surface area (Å²) in [6.07, 6.45) is -3.61. The number of aromatic nitrogens is 1. The molecule has 1 aromatic heterocycles. The highest BCUT2D eigenvalue weighted by atomic mass is 35.5. The van der Waals surface area contributed by atoms with Crippen LogP contribution in [0.1, 0.15) is 16.1 Å². The Hall–Kier alpha value is -4.03. The number of hydrogen-bond donors (Lipinski definition) is 4. The average Bonchev–Trinajstić information content (AvgIpc) is 2.77. The average molecular weight is 497 g/mol. The summed E-state index contributed by atoms with van der Waals surface area (Å²) in [7, 11) is 0. The van der Waals surface area contributed by atoms with Crippen molar-refractivity contribution in [2.45, 2.75) is 6.18 Å². The number of halogens is 4. The van der Waals surface area contributed by atoms with Crippen molar-refractivity contribution in [1.82, 2.24) is 5.32 Å². The number of nitrogens with one attached hydrogen (secondary N) is 3. The zero-order valence-electron chi connectivity index (χ0n) is 17.0. The third kappa shape index (κ3) is 6.27. The quantitative estimate of drug-likeness (QED) is 0.232. The molecule has 0 aliphatic rings. The molecule has 3 amide bonds. The molecule has 0 spiro atoms. The van der Waals surface area contributed by atoms with E-state index in [1.54, 1.807) is 0 Å². The molecule has 0 bridgehead atoms. The lowest BCUT2D eigenvalue weighted by molar-refractivity contribution is -0.607. The molecule has 4 N–H and O–H groups in total. The molecule has 3 rings (SSSR count). The lowest BCUT2D eigenvalue weighted by Crippen LogP contribution is -2.39. The van der Waals surface area contributed by atoms with E-state index in [0.29, 0.717) is 16.2 Å². The second-order valence-corrected chi connectivity index (χ2v) is 7.04. The van der Waals surface area contributed by atoms with Crippen LogP contribution in [0.15, 0.2) is 60.8 Å². The Kier molecular flexibility index (Phi) is 7.44. The summed E-state index contributed by atoms with van der Waals surface area (Å²) >= 11 is 5.56. The van der Waals surface area contributed by atoms with Gasteiger partial charge in [0.25, 0.3) is 5.69 Å². The van der Waals surface area contributed by atoms with Crippen molar-refractivity contribution in [3.8, 4) is 11.5 Å². The first-order valence-electron chi connectivity index (χ1n) is 9.42. The van der Waals surface area contributed by atoms with Crippen molar-refractivity contribution >= 4 is 34.9 Å². The molecule has 0 saturated heterocycles. The van der Waals surface area contributed by atoms with E-state index in [4.69, 9.17) is 21.4 Å². The zero-order valence-corrected chi connectivity index (χ0v) is 17.8. The van der Waals surface area contributed by atoms with E-state index in [0.717, 1.165) is 18.3 Å². The highest BCUT2D eigenvalue weighted by molar-refractivity contribution is 6.31. The van der Waals surface area contributed by atoms with Crippen molar-refractivity contribution < 1.29 is 37.3 Å². The summed E-state index contributed by atoms with van der Waals surface area (Å²) in [5.74, 6) is -0.330. The van der Waals surface area contributed by atoms with Crippen LogP contribution in [-0.4, -0.2) is 23.8 Å². The minimum Gasteiger partial charge on any atom is -0.618 e. The molecule has 0 radical (unpaired) electrons. The van der Waals surface area contributed by atoms with Gasteiger partial charge in [0, 0.05) is 17.4 Å². The van der Waals surface area contributed by atoms with E-state index in [2.05, 4.69) is 16.0 Å². The minimum absolute atomic E-state index is 0.102. The molecular formula is C21H16ClF3N4O5. The van der Waals surface area contributed by atoms with Gasteiger partial charge in [-0.15, -0.1) is 0 Å². The lowest BCUT2D eigenvalue weighted by atomic mass is 10.2. The number of pyridine rings is 1. The van der Waals surface area contributed by atoms with Gasteiger partial charge in [0.05, 0.1) is 16.7 Å². The van der Waals surface area contributed by atoms with E-state index in [1.807, 2.05) is 0 Å². The van der Waals surface area contributed by atoms with Gasteiger partial charge in [-0.1, -0.05) is 11.6 Å². The summed E-state index contributed by atoms with van der Waals surface area (Å²) in [6.45, 7) is -0.645. The topological polar surface area (TPSA) is 127 Å². The van der Waals surface area contributed by atoms with Gasteiger partial charge in [-0.25, -0.2) is 4.79 Å². The van der Waals surface area contributed by atoms with Gasteiger partial charge in [0.1, 0.15) is 18.2 Å². The number of carbonyl (C=O) groups is 2. The smallest absolute Gasteiger partial charge is 0.417 e. The molecule has 0 atom stereocenters. The monoisotopic (exact) mass is 496 g/mol. The fraction of sp³-hybridized carbons (Fsp3) is 0.0952. The first-order chi connectivity index (χ1) is 16.1. The first kappa shape index (κ1) is 24.6. The molecule has 178 valence electrons. The van der Waals surface area contributed by atoms with Gasteiger partial charge in [-0.2, -0.15) is 17.9 Å². The van der Waals surface area contributed by atoms with Crippen LogP contribution in [0.2, 0.25) is 5.02 Å². The minimum atomic E-state index is -4.67. The van der Waals surface area contributed by atoms with Gasteiger partial charge in [0.2, 0.25) is 0 Å². The van der Waals surface area contributed by atoms with Gasteiger partial charge in [-0.3, -0.25) is 4.79 Å². The Morgan fingerprint density at radius 1 is 1.00 bits per heavy atom. The van der Waals surface area contributed by atoms with Crippen LogP contribution in [-0.2, 0) is 6.18 Å². The molecule has 9 nitrogen and oxygen atoms in total. The summed E-state index contributed by atoms with van der Waals surface area (Å²) in [6, 6.07) is 10.6. The van der Waals surface area contributed by atoms with Crippen molar-refractivity contribution in [3.05, 3.63) is 82.3 Å². The summed E-state index contributed by atoms with van der Waals surface area (Å²) < 4.78 is 44.7. The predicted octanol–water partition coefficient (Wildman–Crippen LogP) is 4.11. The molecule has 0 fully saturated rings. The maximum absolute atomic E-state index is 13.0. The molecular weight excluding hydrogens is 481 g/mol. The number of carbonyl (C=O) groups excluding carboxylic acids is 2. The highest BCUT2D eigenvalue weighted by Crippen LogP contribution is 2.36.